The Hall–Kier alpha value is -0.890. The Morgan fingerprint density at radius 3 is 2.46 bits per heavy atom. The van der Waals surface area contributed by atoms with E-state index in [1.165, 1.54) is 12.1 Å². The second kappa shape index (κ2) is 4.97. The minimum atomic E-state index is -0.188. The zero-order chi connectivity index (χ0) is 9.68. The lowest BCUT2D eigenvalue weighted by Crippen LogP contribution is -2.03. The summed E-state index contributed by atoms with van der Waals surface area (Å²) >= 11 is 0. The second-order valence-electron chi connectivity index (χ2n) is 3.11. The third-order valence-electron chi connectivity index (χ3n) is 2.01. The van der Waals surface area contributed by atoms with Gasteiger partial charge in [0.2, 0.25) is 0 Å². The smallest absolute Gasteiger partial charge is 0.123 e. The molecule has 0 fully saturated rings. The molecule has 0 saturated carbocycles. The average Bonchev–Trinajstić information content (AvgIpc) is 2.15. The Morgan fingerprint density at radius 1 is 1.31 bits per heavy atom. The summed E-state index contributed by atoms with van der Waals surface area (Å²) in [7, 11) is 0. The molecular formula is C11H15FO. The summed E-state index contributed by atoms with van der Waals surface area (Å²) in [6.45, 7) is 5.47. The van der Waals surface area contributed by atoms with Gasteiger partial charge in [-0.25, -0.2) is 4.39 Å². The summed E-state index contributed by atoms with van der Waals surface area (Å²) in [5, 5.41) is 0. The predicted molar refractivity (Wildman–Crippen MR) is 51.3 cm³/mol. The Morgan fingerprint density at radius 2 is 1.92 bits per heavy atom. The number of hydrogen-bond donors (Lipinski definition) is 0. The topological polar surface area (TPSA) is 9.23 Å². The van der Waals surface area contributed by atoms with Crippen molar-refractivity contribution in [1.29, 1.82) is 0 Å². The number of ether oxygens (including phenoxy) is 1. The molecule has 0 aliphatic rings. The molecule has 13 heavy (non-hydrogen) atoms. The summed E-state index contributed by atoms with van der Waals surface area (Å²) in [5.41, 5.74) is 1.12. The van der Waals surface area contributed by atoms with Gasteiger partial charge in [0.15, 0.2) is 0 Å². The van der Waals surface area contributed by atoms with Crippen molar-refractivity contribution < 1.29 is 9.13 Å². The standard InChI is InChI=1S/C11H15FO/c1-3-13-8-9(2)10-4-6-11(12)7-5-10/h4-7,9H,3,8H2,1-2H3. The highest BCUT2D eigenvalue weighted by Gasteiger charge is 2.04. The van der Waals surface area contributed by atoms with E-state index in [1.54, 1.807) is 12.1 Å². The van der Waals surface area contributed by atoms with Crippen LogP contribution >= 0.6 is 0 Å². The molecule has 1 atom stereocenters. The van der Waals surface area contributed by atoms with E-state index in [4.69, 9.17) is 4.74 Å². The molecule has 0 bridgehead atoms. The molecule has 1 aromatic carbocycles. The SMILES string of the molecule is CCOCC(C)c1ccc(F)cc1. The monoisotopic (exact) mass is 182 g/mol. The van der Waals surface area contributed by atoms with E-state index in [9.17, 15) is 4.39 Å². The molecule has 1 nitrogen and oxygen atoms in total. The number of hydrogen-bond acceptors (Lipinski definition) is 1. The summed E-state index contributed by atoms with van der Waals surface area (Å²) in [4.78, 5) is 0. The largest absolute Gasteiger partial charge is 0.381 e. The van der Waals surface area contributed by atoms with Crippen LogP contribution in [-0.2, 0) is 4.74 Å². The van der Waals surface area contributed by atoms with Crippen molar-refractivity contribution in [3.05, 3.63) is 35.6 Å². The van der Waals surface area contributed by atoms with E-state index in [1.807, 2.05) is 6.92 Å². The minimum Gasteiger partial charge on any atom is -0.381 e. The van der Waals surface area contributed by atoms with Crippen molar-refractivity contribution in [2.24, 2.45) is 0 Å². The molecule has 1 unspecified atom stereocenters. The van der Waals surface area contributed by atoms with Crippen LogP contribution in [0.5, 0.6) is 0 Å². The van der Waals surface area contributed by atoms with Gasteiger partial charge in [-0.3, -0.25) is 0 Å². The summed E-state index contributed by atoms with van der Waals surface area (Å²) in [5.74, 6) is 0.146. The van der Waals surface area contributed by atoms with E-state index in [2.05, 4.69) is 6.92 Å². The van der Waals surface area contributed by atoms with Crippen LogP contribution < -0.4 is 0 Å². The molecule has 1 rings (SSSR count). The highest BCUT2D eigenvalue weighted by molar-refractivity contribution is 5.19. The van der Waals surface area contributed by atoms with Gasteiger partial charge in [0.1, 0.15) is 5.82 Å². The lowest BCUT2D eigenvalue weighted by Gasteiger charge is -2.11. The van der Waals surface area contributed by atoms with Gasteiger partial charge in [-0.05, 0) is 24.6 Å². The Balaban J connectivity index is 2.55. The molecule has 0 aliphatic carbocycles. The molecule has 72 valence electrons. The van der Waals surface area contributed by atoms with E-state index < -0.39 is 0 Å². The van der Waals surface area contributed by atoms with Crippen LogP contribution in [0.25, 0.3) is 0 Å². The van der Waals surface area contributed by atoms with Gasteiger partial charge in [0.25, 0.3) is 0 Å². The van der Waals surface area contributed by atoms with Crippen LogP contribution in [0.15, 0.2) is 24.3 Å². The molecule has 2 heteroatoms. The van der Waals surface area contributed by atoms with E-state index in [0.717, 1.165) is 12.2 Å². The van der Waals surface area contributed by atoms with Crippen molar-refractivity contribution in [2.45, 2.75) is 19.8 Å². The fraction of sp³-hybridized carbons (Fsp3) is 0.455. The maximum absolute atomic E-state index is 12.6. The lowest BCUT2D eigenvalue weighted by molar-refractivity contribution is 0.136. The van der Waals surface area contributed by atoms with Crippen molar-refractivity contribution >= 4 is 0 Å². The maximum atomic E-state index is 12.6. The fourth-order valence-electron chi connectivity index (χ4n) is 1.18. The molecule has 0 spiro atoms. The second-order valence-corrected chi connectivity index (χ2v) is 3.11. The van der Waals surface area contributed by atoms with Gasteiger partial charge in [0, 0.05) is 12.5 Å². The first-order chi connectivity index (χ1) is 6.24. The first kappa shape index (κ1) is 10.2. The molecule has 0 heterocycles. The van der Waals surface area contributed by atoms with Gasteiger partial charge >= 0.3 is 0 Å². The fourth-order valence-corrected chi connectivity index (χ4v) is 1.18. The van der Waals surface area contributed by atoms with E-state index in [-0.39, 0.29) is 5.82 Å². The zero-order valence-electron chi connectivity index (χ0n) is 8.09. The van der Waals surface area contributed by atoms with Gasteiger partial charge in [-0.1, -0.05) is 19.1 Å². The molecule has 0 aliphatic heterocycles. The summed E-state index contributed by atoms with van der Waals surface area (Å²) in [6.07, 6.45) is 0. The summed E-state index contributed by atoms with van der Waals surface area (Å²) < 4.78 is 17.9. The van der Waals surface area contributed by atoms with Crippen LogP contribution in [-0.4, -0.2) is 13.2 Å². The van der Waals surface area contributed by atoms with Crippen molar-refractivity contribution in [1.82, 2.24) is 0 Å². The highest BCUT2D eigenvalue weighted by Crippen LogP contribution is 2.15. The summed E-state index contributed by atoms with van der Waals surface area (Å²) in [6, 6.07) is 6.58. The Kier molecular flexibility index (Phi) is 3.90. The van der Waals surface area contributed by atoms with Crippen molar-refractivity contribution in [3.8, 4) is 0 Å². The molecular weight excluding hydrogens is 167 g/mol. The van der Waals surface area contributed by atoms with Gasteiger partial charge in [-0.2, -0.15) is 0 Å². The van der Waals surface area contributed by atoms with E-state index >= 15 is 0 Å². The molecule has 0 saturated heterocycles. The third-order valence-corrected chi connectivity index (χ3v) is 2.01. The van der Waals surface area contributed by atoms with E-state index in [0.29, 0.717) is 12.5 Å². The number of halogens is 1. The maximum Gasteiger partial charge on any atom is 0.123 e. The number of benzene rings is 1. The van der Waals surface area contributed by atoms with Crippen LogP contribution in [0.3, 0.4) is 0 Å². The molecule has 0 amide bonds. The van der Waals surface area contributed by atoms with Crippen molar-refractivity contribution in [3.63, 3.8) is 0 Å². The molecule has 1 aromatic rings. The van der Waals surface area contributed by atoms with Crippen LogP contribution in [0, 0.1) is 5.82 Å². The first-order valence-electron chi connectivity index (χ1n) is 4.57. The molecule has 0 N–H and O–H groups in total. The third kappa shape index (κ3) is 3.15. The van der Waals surface area contributed by atoms with Crippen LogP contribution in [0.1, 0.15) is 25.3 Å². The Labute approximate surface area is 78.5 Å². The first-order valence-corrected chi connectivity index (χ1v) is 4.57. The number of rotatable bonds is 4. The van der Waals surface area contributed by atoms with Crippen molar-refractivity contribution in [2.75, 3.05) is 13.2 Å². The average molecular weight is 182 g/mol. The molecule has 0 aromatic heterocycles. The Bertz CT molecular complexity index is 243. The van der Waals surface area contributed by atoms with Gasteiger partial charge in [-0.15, -0.1) is 0 Å². The lowest BCUT2D eigenvalue weighted by atomic mass is 10.0. The quantitative estimate of drug-likeness (QED) is 0.695. The zero-order valence-corrected chi connectivity index (χ0v) is 8.09. The van der Waals surface area contributed by atoms with Crippen LogP contribution in [0.2, 0.25) is 0 Å². The minimum absolute atomic E-state index is 0.188. The van der Waals surface area contributed by atoms with Gasteiger partial charge in [0.05, 0.1) is 6.61 Å². The highest BCUT2D eigenvalue weighted by atomic mass is 19.1. The van der Waals surface area contributed by atoms with Gasteiger partial charge < -0.3 is 4.74 Å². The predicted octanol–water partition coefficient (Wildman–Crippen LogP) is 2.97. The normalized spacial score (nSPS) is 12.8. The van der Waals surface area contributed by atoms with Crippen LogP contribution in [0.4, 0.5) is 4.39 Å². The molecule has 0 radical (unpaired) electrons.